The van der Waals surface area contributed by atoms with Crippen molar-refractivity contribution in [1.82, 2.24) is 0 Å². The van der Waals surface area contributed by atoms with Crippen LogP contribution in [0.5, 0.6) is 0 Å². The molecular weight excluding hydrogens is 495 g/mol. The van der Waals surface area contributed by atoms with Crippen LogP contribution in [0.1, 0.15) is 13.8 Å². The van der Waals surface area contributed by atoms with Crippen molar-refractivity contribution in [2.45, 2.75) is 13.8 Å². The summed E-state index contributed by atoms with van der Waals surface area (Å²) in [5.41, 5.74) is 0. The van der Waals surface area contributed by atoms with Crippen molar-refractivity contribution in [2.24, 2.45) is 0 Å². The van der Waals surface area contributed by atoms with Gasteiger partial charge < -0.3 is 0 Å². The van der Waals surface area contributed by atoms with Gasteiger partial charge in [0.25, 0.3) is 0 Å². The van der Waals surface area contributed by atoms with E-state index in [2.05, 4.69) is 13.8 Å². The fourth-order valence-corrected chi connectivity index (χ4v) is 10.00. The van der Waals surface area contributed by atoms with Gasteiger partial charge in [0.15, 0.2) is 0 Å². The predicted octanol–water partition coefficient (Wildman–Crippen LogP) is 0.0838. The Morgan fingerprint density at radius 1 is 1.14 bits per heavy atom. The Morgan fingerprint density at radius 2 is 1.43 bits per heavy atom. The van der Waals surface area contributed by atoms with E-state index in [1.54, 1.807) is 44.3 Å². The molecule has 0 aliphatic rings. The molecule has 0 aromatic carbocycles. The quantitative estimate of drug-likeness (QED) is 0.472. The molecule has 0 amide bonds. The van der Waals surface area contributed by atoms with Crippen LogP contribution in [-0.2, 0) is 38.7 Å². The Balaban J connectivity index is 3.32. The normalized spacial score (nSPS) is 8.29. The van der Waals surface area contributed by atoms with Crippen LogP contribution < -0.4 is 0 Å². The average Bonchev–Trinajstić information content (AvgIpc) is 1.27. The molecule has 0 bridgehead atoms. The third-order valence-corrected chi connectivity index (χ3v) is 4.61. The molecule has 0 saturated carbocycles. The van der Waals surface area contributed by atoms with Gasteiger partial charge in [0.05, 0.1) is 0 Å². The summed E-state index contributed by atoms with van der Waals surface area (Å²) < 4.78 is 3.33. The fraction of sp³-hybridized carbons (Fsp3) is 0.500. The molecule has 0 saturated heterocycles. The summed E-state index contributed by atoms with van der Waals surface area (Å²) in [6, 6.07) is 0. The molecular formula is C4H6SeW2. The van der Waals surface area contributed by atoms with Crippen LogP contribution >= 0.6 is 0 Å². The van der Waals surface area contributed by atoms with Gasteiger partial charge in [-0.05, 0) is 0 Å². The van der Waals surface area contributed by atoms with Crippen molar-refractivity contribution < 1.29 is 38.7 Å². The molecule has 0 nitrogen and oxygen atoms in total. The average molecular weight is 501 g/mol. The molecule has 0 heterocycles. The summed E-state index contributed by atoms with van der Waals surface area (Å²) in [6.45, 7) is 4.48. The van der Waals surface area contributed by atoms with Crippen LogP contribution in [0.25, 0.3) is 0 Å². The predicted molar refractivity (Wildman–Crippen MR) is 27.1 cm³/mol. The van der Waals surface area contributed by atoms with E-state index in [0.717, 1.165) is 15.0 Å². The van der Waals surface area contributed by atoms with Crippen molar-refractivity contribution in [1.29, 1.82) is 0 Å². The molecule has 0 aromatic rings. The molecule has 0 aliphatic carbocycles. The van der Waals surface area contributed by atoms with E-state index < -0.39 is 0 Å². The second-order valence-electron chi connectivity index (χ2n) is 1.09. The minimum atomic E-state index is 0.782. The zero-order chi connectivity index (χ0) is 5.86. The van der Waals surface area contributed by atoms with Crippen molar-refractivity contribution in [3.8, 4) is 0 Å². The topological polar surface area (TPSA) is 0 Å². The number of hydrogen-bond acceptors (Lipinski definition) is 0. The molecule has 40 valence electrons. The SMILES string of the molecule is C[C](=[W])[Se][C](C)=[W]. The maximum atomic E-state index is 2.24. The second kappa shape index (κ2) is 4.51. The van der Waals surface area contributed by atoms with Gasteiger partial charge in [-0.25, -0.2) is 0 Å². The molecule has 0 aromatic heterocycles. The van der Waals surface area contributed by atoms with E-state index >= 15 is 0 Å². The zero-order valence-electron chi connectivity index (χ0n) is 4.22. The van der Waals surface area contributed by atoms with E-state index in [1.165, 1.54) is 0 Å². The molecule has 0 N–H and O–H groups in total. The Morgan fingerprint density at radius 3 is 1.43 bits per heavy atom. The summed E-state index contributed by atoms with van der Waals surface area (Å²) in [5, 5.41) is 0. The zero-order valence-corrected chi connectivity index (χ0v) is 11.8. The molecule has 7 heavy (non-hydrogen) atoms. The maximum absolute atomic E-state index is 2.24. The monoisotopic (exact) mass is 502 g/mol. The molecule has 0 rings (SSSR count). The van der Waals surface area contributed by atoms with Crippen molar-refractivity contribution >= 4 is 20.5 Å². The molecule has 3 heteroatoms. The van der Waals surface area contributed by atoms with Gasteiger partial charge >= 0.3 is 73.1 Å². The van der Waals surface area contributed by atoms with Gasteiger partial charge in [-0.15, -0.1) is 0 Å². The van der Waals surface area contributed by atoms with Crippen molar-refractivity contribution in [2.75, 3.05) is 0 Å². The van der Waals surface area contributed by atoms with Crippen LogP contribution in [0, 0.1) is 0 Å². The standard InChI is InChI=1S/C4H6Se.2W/c1-3-5-4-2;;/h1-2H3;;. The van der Waals surface area contributed by atoms with Gasteiger partial charge in [0.1, 0.15) is 0 Å². The second-order valence-corrected chi connectivity index (χ2v) is 13.1. The molecule has 0 radical (unpaired) electrons. The Labute approximate surface area is 72.4 Å². The van der Waals surface area contributed by atoms with Crippen molar-refractivity contribution in [3.63, 3.8) is 0 Å². The van der Waals surface area contributed by atoms with Gasteiger partial charge in [-0.1, -0.05) is 0 Å². The van der Waals surface area contributed by atoms with Crippen LogP contribution in [0.4, 0.5) is 0 Å². The van der Waals surface area contributed by atoms with E-state index in [1.807, 2.05) is 0 Å². The van der Waals surface area contributed by atoms with E-state index in [9.17, 15) is 0 Å². The van der Waals surface area contributed by atoms with E-state index in [-0.39, 0.29) is 0 Å². The first kappa shape index (κ1) is 8.64. The third-order valence-electron chi connectivity index (χ3n) is 0.287. The molecule has 0 unspecified atom stereocenters. The first-order valence-electron chi connectivity index (χ1n) is 1.82. The van der Waals surface area contributed by atoms with E-state index in [0.29, 0.717) is 0 Å². The summed E-state index contributed by atoms with van der Waals surface area (Å²) in [6.07, 6.45) is 0. The number of rotatable bonds is 2. The summed E-state index contributed by atoms with van der Waals surface area (Å²) in [7, 11) is 0. The van der Waals surface area contributed by atoms with Crippen LogP contribution in [0.2, 0.25) is 0 Å². The molecule has 0 aliphatic heterocycles. The third kappa shape index (κ3) is 7.64. The first-order valence-corrected chi connectivity index (χ1v) is 6.46. The van der Waals surface area contributed by atoms with Gasteiger partial charge in [-0.3, -0.25) is 0 Å². The van der Waals surface area contributed by atoms with Gasteiger partial charge in [0, 0.05) is 0 Å². The van der Waals surface area contributed by atoms with E-state index in [4.69, 9.17) is 0 Å². The van der Waals surface area contributed by atoms with Gasteiger partial charge in [0.2, 0.25) is 0 Å². The molecule has 0 spiro atoms. The van der Waals surface area contributed by atoms with Crippen molar-refractivity contribution in [3.05, 3.63) is 0 Å². The van der Waals surface area contributed by atoms with Crippen LogP contribution in [0.3, 0.4) is 0 Å². The summed E-state index contributed by atoms with van der Waals surface area (Å²) in [4.78, 5) is 0. The van der Waals surface area contributed by atoms with Gasteiger partial charge in [-0.2, -0.15) is 0 Å². The Bertz CT molecular complexity index is 85.9. The Hall–Kier alpha value is 1.64. The van der Waals surface area contributed by atoms with Crippen LogP contribution in [-0.4, -0.2) is 20.5 Å². The molecule has 0 fully saturated rings. The first-order chi connectivity index (χ1) is 3.13. The molecule has 0 atom stereocenters. The summed E-state index contributed by atoms with van der Waals surface area (Å²) >= 11 is 4.11. The minimum absolute atomic E-state index is 0.782. The fourth-order valence-electron chi connectivity index (χ4n) is 0.202. The summed E-state index contributed by atoms with van der Waals surface area (Å²) in [5.74, 6) is 0. The Kier molecular flexibility index (Phi) is 5.56. The van der Waals surface area contributed by atoms with Crippen LogP contribution in [0.15, 0.2) is 0 Å². The number of hydrogen-bond donors (Lipinski definition) is 0.